The number of aryl methyl sites for hydroxylation is 1. The molecule has 0 aliphatic carbocycles. The first kappa shape index (κ1) is 14.6. The molecule has 0 amide bonds. The fourth-order valence-corrected chi connectivity index (χ4v) is 2.43. The summed E-state index contributed by atoms with van der Waals surface area (Å²) < 4.78 is 7.00. The molecule has 0 radical (unpaired) electrons. The van der Waals surface area contributed by atoms with Crippen LogP contribution in [0, 0.1) is 0 Å². The zero-order valence-corrected chi connectivity index (χ0v) is 12.4. The number of benzene rings is 1. The number of hydrogen-bond donors (Lipinski definition) is 2. The molecule has 0 saturated carbocycles. The molecule has 3 aromatic rings. The van der Waals surface area contributed by atoms with Crippen molar-refractivity contribution in [3.05, 3.63) is 66.2 Å². The van der Waals surface area contributed by atoms with Crippen molar-refractivity contribution in [1.29, 1.82) is 0 Å². The van der Waals surface area contributed by atoms with Crippen LogP contribution in [-0.2, 0) is 13.6 Å². The maximum atomic E-state index is 10.0. The zero-order valence-electron chi connectivity index (χ0n) is 12.4. The van der Waals surface area contributed by atoms with Crippen molar-refractivity contribution in [2.75, 3.05) is 6.54 Å². The predicted molar refractivity (Wildman–Crippen MR) is 84.0 cm³/mol. The monoisotopic (exact) mass is 297 g/mol. The third-order valence-corrected chi connectivity index (χ3v) is 3.48. The van der Waals surface area contributed by atoms with Crippen LogP contribution >= 0.6 is 0 Å². The highest BCUT2D eigenvalue weighted by atomic mass is 16.4. The maximum Gasteiger partial charge on any atom is 0.133 e. The number of rotatable bonds is 6. The second-order valence-electron chi connectivity index (χ2n) is 5.20. The van der Waals surface area contributed by atoms with Crippen LogP contribution < -0.4 is 5.32 Å². The largest absolute Gasteiger partial charge is 0.467 e. The maximum absolute atomic E-state index is 10.0. The Bertz CT molecular complexity index is 705. The van der Waals surface area contributed by atoms with Crippen LogP contribution in [0.1, 0.15) is 17.4 Å². The third-order valence-electron chi connectivity index (χ3n) is 3.48. The quantitative estimate of drug-likeness (QED) is 0.734. The predicted octanol–water partition coefficient (Wildman–Crippen LogP) is 2.50. The van der Waals surface area contributed by atoms with Crippen LogP contribution in [0.25, 0.3) is 11.3 Å². The highest BCUT2D eigenvalue weighted by Gasteiger charge is 2.12. The van der Waals surface area contributed by atoms with E-state index in [2.05, 4.69) is 10.4 Å². The van der Waals surface area contributed by atoms with Gasteiger partial charge >= 0.3 is 0 Å². The molecule has 0 spiro atoms. The van der Waals surface area contributed by atoms with E-state index in [1.165, 1.54) is 0 Å². The molecule has 1 aromatic carbocycles. The second-order valence-corrected chi connectivity index (χ2v) is 5.20. The Balaban J connectivity index is 1.66. The molecule has 0 saturated heterocycles. The van der Waals surface area contributed by atoms with E-state index in [0.717, 1.165) is 16.8 Å². The summed E-state index contributed by atoms with van der Waals surface area (Å²) in [5.41, 5.74) is 3.15. The van der Waals surface area contributed by atoms with Gasteiger partial charge in [0.1, 0.15) is 11.9 Å². The lowest BCUT2D eigenvalue weighted by molar-refractivity contribution is 0.147. The SMILES string of the molecule is Cn1cc(CNCC(O)c2ccco2)c(-c2ccccc2)n1. The molecule has 114 valence electrons. The molecule has 1 atom stereocenters. The molecule has 5 heteroatoms. The van der Waals surface area contributed by atoms with Crippen molar-refractivity contribution in [2.24, 2.45) is 7.05 Å². The fourth-order valence-electron chi connectivity index (χ4n) is 2.43. The molecule has 3 rings (SSSR count). The normalized spacial score (nSPS) is 12.5. The minimum Gasteiger partial charge on any atom is -0.467 e. The Morgan fingerprint density at radius 1 is 1.23 bits per heavy atom. The Morgan fingerprint density at radius 3 is 2.77 bits per heavy atom. The molecule has 2 N–H and O–H groups in total. The van der Waals surface area contributed by atoms with Crippen molar-refractivity contribution in [3.8, 4) is 11.3 Å². The first-order valence-electron chi connectivity index (χ1n) is 7.24. The minimum absolute atomic E-state index is 0.427. The molecule has 0 aliphatic heterocycles. The van der Waals surface area contributed by atoms with Crippen molar-refractivity contribution >= 4 is 0 Å². The summed E-state index contributed by atoms with van der Waals surface area (Å²) in [6.07, 6.45) is 2.91. The molecule has 0 aliphatic rings. The van der Waals surface area contributed by atoms with Gasteiger partial charge in [-0.3, -0.25) is 4.68 Å². The topological polar surface area (TPSA) is 63.2 Å². The van der Waals surface area contributed by atoms with Gasteiger partial charge in [0.05, 0.1) is 12.0 Å². The number of hydrogen-bond acceptors (Lipinski definition) is 4. The van der Waals surface area contributed by atoms with E-state index in [0.29, 0.717) is 18.8 Å². The highest BCUT2D eigenvalue weighted by Crippen LogP contribution is 2.21. The number of aliphatic hydroxyl groups excluding tert-OH is 1. The minimum atomic E-state index is -0.646. The second kappa shape index (κ2) is 6.60. The number of nitrogens with one attached hydrogen (secondary N) is 1. The molecule has 5 nitrogen and oxygen atoms in total. The number of aromatic nitrogens is 2. The lowest BCUT2D eigenvalue weighted by atomic mass is 10.1. The summed E-state index contributed by atoms with van der Waals surface area (Å²) in [6, 6.07) is 13.6. The van der Waals surface area contributed by atoms with Gasteiger partial charge in [0, 0.05) is 37.5 Å². The summed E-state index contributed by atoms with van der Waals surface area (Å²) in [6.45, 7) is 1.06. The van der Waals surface area contributed by atoms with Crippen LogP contribution in [0.15, 0.2) is 59.3 Å². The van der Waals surface area contributed by atoms with Crippen LogP contribution in [0.3, 0.4) is 0 Å². The molecule has 2 aromatic heterocycles. The van der Waals surface area contributed by atoms with Crippen LogP contribution in [0.2, 0.25) is 0 Å². The lowest BCUT2D eigenvalue weighted by Crippen LogP contribution is -2.20. The van der Waals surface area contributed by atoms with E-state index in [9.17, 15) is 5.11 Å². The van der Waals surface area contributed by atoms with Gasteiger partial charge in [-0.2, -0.15) is 5.10 Å². The third kappa shape index (κ3) is 3.27. The lowest BCUT2D eigenvalue weighted by Gasteiger charge is -2.09. The average molecular weight is 297 g/mol. The fraction of sp³-hybridized carbons (Fsp3) is 0.235. The summed E-state index contributed by atoms with van der Waals surface area (Å²) >= 11 is 0. The Labute approximate surface area is 129 Å². The molecular weight excluding hydrogens is 278 g/mol. The standard InChI is InChI=1S/C17H19N3O2/c1-20-12-14(17(19-20)13-6-3-2-4-7-13)10-18-11-15(21)16-8-5-9-22-16/h2-9,12,15,18,21H,10-11H2,1H3. The van der Waals surface area contributed by atoms with Crippen molar-refractivity contribution in [2.45, 2.75) is 12.6 Å². The van der Waals surface area contributed by atoms with E-state index in [1.807, 2.05) is 48.3 Å². The average Bonchev–Trinajstić information content (AvgIpc) is 3.18. The number of aliphatic hydroxyl groups is 1. The summed E-state index contributed by atoms with van der Waals surface area (Å²) in [4.78, 5) is 0. The molecule has 2 heterocycles. The smallest absolute Gasteiger partial charge is 0.133 e. The zero-order chi connectivity index (χ0) is 15.4. The van der Waals surface area contributed by atoms with Gasteiger partial charge < -0.3 is 14.8 Å². The van der Waals surface area contributed by atoms with Gasteiger partial charge in [-0.15, -0.1) is 0 Å². The summed E-state index contributed by atoms with van der Waals surface area (Å²) in [5.74, 6) is 0.571. The Morgan fingerprint density at radius 2 is 2.05 bits per heavy atom. The van der Waals surface area contributed by atoms with Gasteiger partial charge in [-0.1, -0.05) is 30.3 Å². The van der Waals surface area contributed by atoms with Crippen molar-refractivity contribution in [1.82, 2.24) is 15.1 Å². The first-order chi connectivity index (χ1) is 10.7. The first-order valence-corrected chi connectivity index (χ1v) is 7.24. The highest BCUT2D eigenvalue weighted by molar-refractivity contribution is 5.62. The van der Waals surface area contributed by atoms with E-state index in [4.69, 9.17) is 4.42 Å². The van der Waals surface area contributed by atoms with E-state index in [-0.39, 0.29) is 0 Å². The van der Waals surface area contributed by atoms with Crippen LogP contribution in [0.4, 0.5) is 0 Å². The molecule has 1 unspecified atom stereocenters. The van der Waals surface area contributed by atoms with Crippen LogP contribution in [-0.4, -0.2) is 21.4 Å². The van der Waals surface area contributed by atoms with Gasteiger partial charge in [-0.05, 0) is 12.1 Å². The van der Waals surface area contributed by atoms with Gasteiger partial charge in [0.25, 0.3) is 0 Å². The van der Waals surface area contributed by atoms with Crippen molar-refractivity contribution in [3.63, 3.8) is 0 Å². The molecule has 22 heavy (non-hydrogen) atoms. The summed E-state index contributed by atoms with van der Waals surface area (Å²) in [7, 11) is 1.91. The van der Waals surface area contributed by atoms with E-state index in [1.54, 1.807) is 18.4 Å². The Hall–Kier alpha value is -2.37. The van der Waals surface area contributed by atoms with Gasteiger partial charge in [0.2, 0.25) is 0 Å². The van der Waals surface area contributed by atoms with Gasteiger partial charge in [0.15, 0.2) is 0 Å². The van der Waals surface area contributed by atoms with E-state index >= 15 is 0 Å². The van der Waals surface area contributed by atoms with Crippen molar-refractivity contribution < 1.29 is 9.52 Å². The molecule has 0 bridgehead atoms. The summed E-state index contributed by atoms with van der Waals surface area (Å²) in [5, 5.41) is 17.8. The molecule has 0 fully saturated rings. The van der Waals surface area contributed by atoms with Gasteiger partial charge in [-0.25, -0.2) is 0 Å². The number of furan rings is 1. The Kier molecular flexibility index (Phi) is 4.37. The number of nitrogens with zero attached hydrogens (tertiary/aromatic N) is 2. The van der Waals surface area contributed by atoms with Crippen LogP contribution in [0.5, 0.6) is 0 Å². The molecular formula is C17H19N3O2. The van der Waals surface area contributed by atoms with E-state index < -0.39 is 6.10 Å².